The smallest absolute Gasteiger partial charge is 0.317 e. The highest BCUT2D eigenvalue weighted by Gasteiger charge is 2.28. The molecule has 8 nitrogen and oxygen atoms in total. The van der Waals surface area contributed by atoms with Crippen LogP contribution in [-0.2, 0) is 20.1 Å². The average molecular weight is 373 g/mol. The van der Waals surface area contributed by atoms with Crippen molar-refractivity contribution in [1.29, 1.82) is 0 Å². The molecule has 1 atom stereocenters. The minimum Gasteiger partial charge on any atom is -0.508 e. The van der Waals surface area contributed by atoms with E-state index in [1.165, 1.54) is 0 Å². The van der Waals surface area contributed by atoms with E-state index >= 15 is 0 Å². The first kappa shape index (κ1) is 19.2. The summed E-state index contributed by atoms with van der Waals surface area (Å²) in [5, 5.41) is 29.8. The molecule has 1 aromatic carbocycles. The quantitative estimate of drug-likeness (QED) is 0.667. The Morgan fingerprint density at radius 1 is 1.30 bits per heavy atom. The zero-order chi connectivity index (χ0) is 19.2. The number of rotatable bonds is 6. The number of piperidine rings is 1. The fraction of sp³-hybridized carbons (Fsp3) is 0.526. The molecule has 3 rings (SSSR count). The van der Waals surface area contributed by atoms with Gasteiger partial charge in [-0.05, 0) is 43.4 Å². The van der Waals surface area contributed by atoms with Gasteiger partial charge in [0, 0.05) is 32.6 Å². The standard InChI is InChI=1S/C19H27N5O3/c1-23-17(13-25)21-22-18(23)15-5-3-11-24(12-15)19(27)20-10-2-4-14-6-8-16(26)9-7-14/h6-9,15,25-26H,2-5,10-13H2,1H3,(H,20,27)/t15-/m0/s1. The number of amides is 2. The molecule has 1 saturated heterocycles. The lowest BCUT2D eigenvalue weighted by Gasteiger charge is -2.32. The minimum absolute atomic E-state index is 0.0463. The van der Waals surface area contributed by atoms with Crippen molar-refractivity contribution in [1.82, 2.24) is 25.0 Å². The number of likely N-dealkylation sites (tertiary alicyclic amines) is 1. The van der Waals surface area contributed by atoms with E-state index in [-0.39, 0.29) is 24.3 Å². The Morgan fingerprint density at radius 3 is 2.78 bits per heavy atom. The number of phenolic OH excluding ortho intramolecular Hbond substituents is 1. The molecule has 2 amide bonds. The normalized spacial score (nSPS) is 17.1. The molecule has 1 aromatic heterocycles. The van der Waals surface area contributed by atoms with Crippen LogP contribution in [0.15, 0.2) is 24.3 Å². The molecular weight excluding hydrogens is 346 g/mol. The molecule has 3 N–H and O–H groups in total. The number of aliphatic hydroxyl groups is 1. The Kier molecular flexibility index (Phi) is 6.28. The lowest BCUT2D eigenvalue weighted by Crippen LogP contribution is -2.45. The van der Waals surface area contributed by atoms with Gasteiger partial charge in [-0.3, -0.25) is 0 Å². The number of benzene rings is 1. The van der Waals surface area contributed by atoms with Gasteiger partial charge in [-0.2, -0.15) is 0 Å². The molecule has 0 aliphatic carbocycles. The molecule has 0 unspecified atom stereocenters. The van der Waals surface area contributed by atoms with E-state index < -0.39 is 0 Å². The van der Waals surface area contributed by atoms with Crippen LogP contribution in [0, 0.1) is 0 Å². The number of urea groups is 1. The van der Waals surface area contributed by atoms with Crippen LogP contribution in [0.25, 0.3) is 0 Å². The maximum Gasteiger partial charge on any atom is 0.317 e. The van der Waals surface area contributed by atoms with Crippen LogP contribution < -0.4 is 5.32 Å². The van der Waals surface area contributed by atoms with Crippen LogP contribution in [0.4, 0.5) is 4.79 Å². The Hall–Kier alpha value is -2.61. The number of aromatic nitrogens is 3. The highest BCUT2D eigenvalue weighted by Crippen LogP contribution is 2.25. The van der Waals surface area contributed by atoms with E-state index in [0.717, 1.165) is 43.6 Å². The SMILES string of the molecule is Cn1c(CO)nnc1[C@H]1CCCN(C(=O)NCCCc2ccc(O)cc2)C1. The summed E-state index contributed by atoms with van der Waals surface area (Å²) in [5.41, 5.74) is 1.14. The summed E-state index contributed by atoms with van der Waals surface area (Å²) in [6.07, 6.45) is 3.58. The number of aromatic hydroxyl groups is 1. The minimum atomic E-state index is -0.137. The monoisotopic (exact) mass is 373 g/mol. The van der Waals surface area contributed by atoms with E-state index in [1.54, 1.807) is 12.1 Å². The average Bonchev–Trinajstić information content (AvgIpc) is 3.07. The predicted molar refractivity (Wildman–Crippen MR) is 100 cm³/mol. The Balaban J connectivity index is 1.46. The predicted octanol–water partition coefficient (Wildman–Crippen LogP) is 1.53. The van der Waals surface area contributed by atoms with Crippen molar-refractivity contribution in [2.75, 3.05) is 19.6 Å². The maximum absolute atomic E-state index is 12.5. The molecule has 146 valence electrons. The lowest BCUT2D eigenvalue weighted by molar-refractivity contribution is 0.177. The van der Waals surface area contributed by atoms with Crippen molar-refractivity contribution in [2.24, 2.45) is 7.05 Å². The Labute approximate surface area is 158 Å². The molecule has 2 heterocycles. The van der Waals surface area contributed by atoms with E-state index in [4.69, 9.17) is 0 Å². The third kappa shape index (κ3) is 4.77. The van der Waals surface area contributed by atoms with Gasteiger partial charge in [-0.25, -0.2) is 4.79 Å². The van der Waals surface area contributed by atoms with Crippen LogP contribution in [0.3, 0.4) is 0 Å². The zero-order valence-electron chi connectivity index (χ0n) is 15.6. The van der Waals surface area contributed by atoms with E-state index in [2.05, 4.69) is 15.5 Å². The van der Waals surface area contributed by atoms with Crippen LogP contribution in [-0.4, -0.2) is 55.5 Å². The van der Waals surface area contributed by atoms with Crippen LogP contribution in [0.1, 0.15) is 42.4 Å². The first-order chi connectivity index (χ1) is 13.1. The molecule has 1 fully saturated rings. The molecule has 0 spiro atoms. The van der Waals surface area contributed by atoms with Crippen molar-refractivity contribution in [3.8, 4) is 5.75 Å². The van der Waals surface area contributed by atoms with Gasteiger partial charge >= 0.3 is 6.03 Å². The molecule has 8 heteroatoms. The first-order valence-corrected chi connectivity index (χ1v) is 9.38. The Morgan fingerprint density at radius 2 is 2.07 bits per heavy atom. The van der Waals surface area contributed by atoms with E-state index in [9.17, 15) is 15.0 Å². The van der Waals surface area contributed by atoms with Crippen molar-refractivity contribution in [3.63, 3.8) is 0 Å². The lowest BCUT2D eigenvalue weighted by atomic mass is 9.97. The van der Waals surface area contributed by atoms with Crippen LogP contribution in [0.5, 0.6) is 5.75 Å². The highest BCUT2D eigenvalue weighted by atomic mass is 16.3. The van der Waals surface area contributed by atoms with Crippen molar-refractivity contribution >= 4 is 6.03 Å². The van der Waals surface area contributed by atoms with Gasteiger partial charge in [0.05, 0.1) is 0 Å². The second kappa shape index (κ2) is 8.85. The van der Waals surface area contributed by atoms with Gasteiger partial charge < -0.3 is 25.0 Å². The number of hydrogen-bond donors (Lipinski definition) is 3. The topological polar surface area (TPSA) is 104 Å². The van der Waals surface area contributed by atoms with Gasteiger partial charge in [-0.15, -0.1) is 10.2 Å². The van der Waals surface area contributed by atoms with Crippen molar-refractivity contribution < 1.29 is 15.0 Å². The summed E-state index contributed by atoms with van der Waals surface area (Å²) < 4.78 is 1.82. The largest absolute Gasteiger partial charge is 0.508 e. The summed E-state index contributed by atoms with van der Waals surface area (Å²) >= 11 is 0. The zero-order valence-corrected chi connectivity index (χ0v) is 15.6. The maximum atomic E-state index is 12.5. The van der Waals surface area contributed by atoms with E-state index in [1.807, 2.05) is 28.6 Å². The summed E-state index contributed by atoms with van der Waals surface area (Å²) in [7, 11) is 1.85. The summed E-state index contributed by atoms with van der Waals surface area (Å²) in [6, 6.07) is 7.10. The summed E-state index contributed by atoms with van der Waals surface area (Å²) in [6.45, 7) is 1.83. The Bertz CT molecular complexity index is 759. The van der Waals surface area contributed by atoms with Gasteiger partial charge in [0.2, 0.25) is 0 Å². The number of nitrogens with one attached hydrogen (secondary N) is 1. The van der Waals surface area contributed by atoms with Crippen LogP contribution >= 0.6 is 0 Å². The molecular formula is C19H27N5O3. The number of hydrogen-bond acceptors (Lipinski definition) is 5. The molecule has 0 bridgehead atoms. The van der Waals surface area contributed by atoms with Gasteiger partial charge in [0.1, 0.15) is 18.2 Å². The van der Waals surface area contributed by atoms with Crippen molar-refractivity contribution in [3.05, 3.63) is 41.5 Å². The third-order valence-corrected chi connectivity index (χ3v) is 5.07. The first-order valence-electron chi connectivity index (χ1n) is 9.38. The third-order valence-electron chi connectivity index (χ3n) is 5.07. The number of carbonyl (C=O) groups is 1. The summed E-state index contributed by atoms with van der Waals surface area (Å²) in [5.74, 6) is 1.77. The fourth-order valence-electron chi connectivity index (χ4n) is 3.50. The molecule has 27 heavy (non-hydrogen) atoms. The molecule has 0 radical (unpaired) electrons. The molecule has 2 aromatic rings. The molecule has 1 aliphatic rings. The highest BCUT2D eigenvalue weighted by molar-refractivity contribution is 5.74. The van der Waals surface area contributed by atoms with E-state index in [0.29, 0.717) is 18.9 Å². The number of phenols is 1. The number of aliphatic hydroxyl groups excluding tert-OH is 1. The number of carbonyl (C=O) groups excluding carboxylic acids is 1. The fourth-order valence-corrected chi connectivity index (χ4v) is 3.50. The number of nitrogens with zero attached hydrogens (tertiary/aromatic N) is 4. The van der Waals surface area contributed by atoms with Crippen LogP contribution in [0.2, 0.25) is 0 Å². The van der Waals surface area contributed by atoms with Gasteiger partial charge in [-0.1, -0.05) is 12.1 Å². The number of aryl methyl sites for hydroxylation is 1. The van der Waals surface area contributed by atoms with Gasteiger partial charge in [0.25, 0.3) is 0 Å². The second-order valence-corrected chi connectivity index (χ2v) is 6.98. The van der Waals surface area contributed by atoms with Gasteiger partial charge in [0.15, 0.2) is 5.82 Å². The molecule has 1 aliphatic heterocycles. The summed E-state index contributed by atoms with van der Waals surface area (Å²) in [4.78, 5) is 14.3. The van der Waals surface area contributed by atoms with Crippen molar-refractivity contribution in [2.45, 2.75) is 38.2 Å². The molecule has 0 saturated carbocycles. The second-order valence-electron chi connectivity index (χ2n) is 6.98.